The first-order valence-electron chi connectivity index (χ1n) is 52.3. The third-order valence-electron chi connectivity index (χ3n) is 24.6. The van der Waals surface area contributed by atoms with Crippen molar-refractivity contribution in [3.05, 3.63) is 0 Å². The van der Waals surface area contributed by atoms with E-state index >= 15 is 0 Å². The lowest BCUT2D eigenvalue weighted by Gasteiger charge is -2.29. The molecule has 0 spiro atoms. The van der Waals surface area contributed by atoms with E-state index in [9.17, 15) is 67.1 Å². The number of rotatable bonds is 86. The number of hydrogen-bond acceptors (Lipinski definition) is 30. The molecule has 0 saturated heterocycles. The van der Waals surface area contributed by atoms with Gasteiger partial charge in [0.15, 0.2) is 23.1 Å². The molecule has 9 amide bonds. The molecule has 0 aliphatic heterocycles. The second kappa shape index (κ2) is 80.4. The van der Waals surface area contributed by atoms with Crippen molar-refractivity contribution in [1.29, 1.82) is 0 Å². The van der Waals surface area contributed by atoms with Gasteiger partial charge in [0.2, 0.25) is 53.2 Å². The van der Waals surface area contributed by atoms with E-state index in [-0.39, 0.29) is 104 Å². The third kappa shape index (κ3) is 64.5. The molecular formula is C99H199N25O14. The van der Waals surface area contributed by atoms with Gasteiger partial charge in [-0.3, -0.25) is 67.1 Å². The SMILES string of the molecule is CC(C)(C)C(=O)C(CCCCNC(=O)C(CCCCNC(=O)C(N)CCCCN)NC(=O)C(N)CCCCN)NC(=O)C(CCCCN)NC(=O)C(N)CCCCNC(=O)C(CCCCN)NC(=O)C(N)CCCCN.CC(C)(C)NC(CCCCN)C(=O)CC(CCCCN)C(=O)NC(CCCCN)C(=O)CC(CCCCN)C(=O)NC(CCCCN)C(=O)CC(CCCCN)C(=O)C(C)(C)C. The minimum Gasteiger partial charge on any atom is -0.355 e. The maximum absolute atomic E-state index is 14.3. The molecule has 0 fully saturated rings. The van der Waals surface area contributed by atoms with E-state index in [1.165, 1.54) is 0 Å². The zero-order valence-electron chi connectivity index (χ0n) is 86.7. The smallest absolute Gasteiger partial charge is 0.243 e. The summed E-state index contributed by atoms with van der Waals surface area (Å²) in [5.41, 5.74) is 85.5. The Morgan fingerprint density at radius 1 is 0.203 bits per heavy atom. The fourth-order valence-corrected chi connectivity index (χ4v) is 16.1. The molecule has 0 heterocycles. The fourth-order valence-electron chi connectivity index (χ4n) is 16.1. The zero-order valence-corrected chi connectivity index (χ0v) is 86.7. The summed E-state index contributed by atoms with van der Waals surface area (Å²) >= 11 is 0. The van der Waals surface area contributed by atoms with Crippen LogP contribution in [0.15, 0.2) is 0 Å². The predicted molar refractivity (Wildman–Crippen MR) is 551 cm³/mol. The highest BCUT2D eigenvalue weighted by Gasteiger charge is 2.39. The van der Waals surface area contributed by atoms with Crippen LogP contribution in [0.25, 0.3) is 0 Å². The minimum absolute atomic E-state index is 0.00206. The number of carbonyl (C=O) groups is 14. The standard InChI is InChI=1S/C52H106N16O8.C47H93N9O6/c1-52(2,3)44(69)40(24-10-18-35-64-50(75)42(67-47(72)38(60)22-6-14-30-55)27-11-19-33-62-45(70)36(58)20-4-12-28-53)65-51(76)43(26-8-16-32-57)68-48(73)39(61)23-9-17-34-63-49(74)41(25-7-15-31-56)66-46(71)37(59)21-5-13-29-54;1-46(2,3)43(60)34(19-7-13-25-48)31-40(57)37(22-10-16-28-51)54-44(61)35(20-8-14-26-49)32-41(58)38(23-11-17-29-52)55-45(62)36(21-9-15-27-50)33-42(59)39(24-12-18-30-53)56-47(4,5)6/h36-43H,4-35,53-61H2,1-3H3,(H,62,70)(H,63,74)(H,64,75)(H,65,76)(H,66,71)(H,67,72)(H,68,73);34-39,56H,7-33,48-53H2,1-6H3,(H,54,61)(H,55,62). The molecular weight excluding hydrogens is 1760 g/mol. The molecule has 804 valence electrons. The molecule has 0 saturated carbocycles. The van der Waals surface area contributed by atoms with E-state index in [1.807, 2.05) is 41.5 Å². The molecule has 14 unspecified atom stereocenters. The highest BCUT2D eigenvalue weighted by molar-refractivity contribution is 5.98. The monoisotopic (exact) mass is 1960 g/mol. The van der Waals surface area contributed by atoms with Gasteiger partial charge < -0.3 is 139 Å². The summed E-state index contributed by atoms with van der Waals surface area (Å²) < 4.78 is 0. The Hall–Kier alpha value is -7.06. The molecule has 0 aliphatic rings. The lowest BCUT2D eigenvalue weighted by atomic mass is 9.78. The Morgan fingerprint density at radius 2 is 0.413 bits per heavy atom. The van der Waals surface area contributed by atoms with Crippen LogP contribution in [0.4, 0.5) is 0 Å². The van der Waals surface area contributed by atoms with Gasteiger partial charge >= 0.3 is 0 Å². The summed E-state index contributed by atoms with van der Waals surface area (Å²) in [6.45, 7) is 22.7. The topological polar surface area (TPSA) is 750 Å². The number of nitrogens with one attached hydrogen (secondary N) is 10. The van der Waals surface area contributed by atoms with Crippen molar-refractivity contribution in [2.75, 3.05) is 91.6 Å². The molecule has 0 bridgehead atoms. The molecule has 0 radical (unpaired) electrons. The van der Waals surface area contributed by atoms with E-state index in [0.717, 1.165) is 38.5 Å². The van der Waals surface area contributed by atoms with Crippen molar-refractivity contribution in [3.8, 4) is 0 Å². The number of amides is 9. The quantitative estimate of drug-likeness (QED) is 0.0388. The summed E-state index contributed by atoms with van der Waals surface area (Å²) in [6.07, 6.45) is 23.0. The van der Waals surface area contributed by atoms with Crippen LogP contribution in [0.2, 0.25) is 0 Å². The lowest BCUT2D eigenvalue weighted by Crippen LogP contribution is -2.55. The Kier molecular flexibility index (Phi) is 77.5. The predicted octanol–water partition coefficient (Wildman–Crippen LogP) is 2.18. The van der Waals surface area contributed by atoms with Gasteiger partial charge in [-0.1, -0.05) is 86.5 Å². The number of nitrogens with two attached hydrogens (primary N) is 15. The zero-order chi connectivity index (χ0) is 104. The first-order valence-corrected chi connectivity index (χ1v) is 52.3. The maximum atomic E-state index is 14.3. The summed E-state index contributed by atoms with van der Waals surface area (Å²) in [4.78, 5) is 190. The molecule has 14 atom stereocenters. The van der Waals surface area contributed by atoms with Crippen LogP contribution in [-0.4, -0.2) is 246 Å². The van der Waals surface area contributed by atoms with Crippen LogP contribution in [0, 0.1) is 28.6 Å². The Balaban J connectivity index is 0. The highest BCUT2D eigenvalue weighted by Crippen LogP contribution is 2.29. The van der Waals surface area contributed by atoms with Crippen LogP contribution in [-0.2, 0) is 67.1 Å². The van der Waals surface area contributed by atoms with Gasteiger partial charge in [-0.05, 0) is 317 Å². The van der Waals surface area contributed by atoms with Gasteiger partial charge in [0.25, 0.3) is 0 Å². The van der Waals surface area contributed by atoms with Crippen molar-refractivity contribution in [3.63, 3.8) is 0 Å². The van der Waals surface area contributed by atoms with E-state index in [2.05, 4.69) is 53.2 Å². The molecule has 0 rings (SSSR count). The normalized spacial score (nSPS) is 14.8. The van der Waals surface area contributed by atoms with Gasteiger partial charge in [-0.15, -0.1) is 0 Å². The van der Waals surface area contributed by atoms with Gasteiger partial charge in [-0.2, -0.15) is 0 Å². The Labute approximate surface area is 827 Å². The van der Waals surface area contributed by atoms with Crippen LogP contribution in [0.5, 0.6) is 0 Å². The van der Waals surface area contributed by atoms with Crippen molar-refractivity contribution in [2.24, 2.45) is 115 Å². The summed E-state index contributed by atoms with van der Waals surface area (Å²) in [5, 5.41) is 29.3. The largest absolute Gasteiger partial charge is 0.355 e. The minimum atomic E-state index is -1.000. The molecule has 0 aromatic heterocycles. The van der Waals surface area contributed by atoms with Gasteiger partial charge in [-0.25, -0.2) is 0 Å². The average Bonchev–Trinajstić information content (AvgIpc) is 0.839. The van der Waals surface area contributed by atoms with E-state index in [4.69, 9.17) is 86.0 Å². The van der Waals surface area contributed by atoms with Crippen LogP contribution in [0.1, 0.15) is 351 Å². The molecule has 39 nitrogen and oxygen atoms in total. The molecule has 39 heteroatoms. The average molecular weight is 1960 g/mol. The number of carbonyl (C=O) groups excluding carboxylic acids is 14. The fraction of sp³-hybridized carbons (Fsp3) is 0.859. The van der Waals surface area contributed by atoms with E-state index < -0.39 is 130 Å². The second-order valence-corrected chi connectivity index (χ2v) is 40.6. The number of hydrogen-bond donors (Lipinski definition) is 25. The van der Waals surface area contributed by atoms with Gasteiger partial charge in [0, 0.05) is 73.0 Å². The maximum Gasteiger partial charge on any atom is 0.243 e. The van der Waals surface area contributed by atoms with E-state index in [0.29, 0.717) is 290 Å². The second-order valence-electron chi connectivity index (χ2n) is 40.6. The molecule has 138 heavy (non-hydrogen) atoms. The molecule has 40 N–H and O–H groups in total. The third-order valence-corrected chi connectivity index (χ3v) is 24.6. The molecule has 0 aliphatic carbocycles. The molecule has 0 aromatic carbocycles. The van der Waals surface area contributed by atoms with Crippen molar-refractivity contribution in [1.82, 2.24) is 53.2 Å². The van der Waals surface area contributed by atoms with Crippen molar-refractivity contribution in [2.45, 2.75) is 423 Å². The highest BCUT2D eigenvalue weighted by atomic mass is 16.2. The van der Waals surface area contributed by atoms with Gasteiger partial charge in [0.05, 0.1) is 48.3 Å². The van der Waals surface area contributed by atoms with Crippen LogP contribution in [0.3, 0.4) is 0 Å². The summed E-state index contributed by atoms with van der Waals surface area (Å²) in [5.74, 6) is -6.49. The summed E-state index contributed by atoms with van der Waals surface area (Å²) in [7, 11) is 0. The Morgan fingerprint density at radius 3 is 0.710 bits per heavy atom. The number of Topliss-reactive ketones (excluding diaryl/α,β-unsaturated/α-hetero) is 5. The first-order chi connectivity index (χ1) is 65.5. The van der Waals surface area contributed by atoms with Gasteiger partial charge in [0.1, 0.15) is 23.9 Å². The lowest BCUT2D eigenvalue weighted by molar-refractivity contribution is -0.136. The van der Waals surface area contributed by atoms with Crippen LogP contribution >= 0.6 is 0 Å². The molecule has 0 aromatic rings. The number of ketones is 5. The Bertz CT molecular complexity index is 3370. The van der Waals surface area contributed by atoms with Crippen molar-refractivity contribution < 1.29 is 67.1 Å². The summed E-state index contributed by atoms with van der Waals surface area (Å²) in [6, 6.07) is -8.95. The van der Waals surface area contributed by atoms with E-state index in [1.54, 1.807) is 20.8 Å². The van der Waals surface area contributed by atoms with Crippen LogP contribution < -0.4 is 139 Å². The number of unbranched alkanes of at least 4 members (excludes halogenated alkanes) is 14. The first kappa shape index (κ1) is 133. The van der Waals surface area contributed by atoms with Crippen molar-refractivity contribution >= 4 is 82.1 Å².